The van der Waals surface area contributed by atoms with Gasteiger partial charge in [-0.3, -0.25) is 14.6 Å². The number of benzene rings is 1. The van der Waals surface area contributed by atoms with Crippen LogP contribution in [-0.2, 0) is 9.59 Å². The van der Waals surface area contributed by atoms with Crippen molar-refractivity contribution in [3.63, 3.8) is 0 Å². The van der Waals surface area contributed by atoms with Gasteiger partial charge >= 0.3 is 0 Å². The SMILES string of the molecule is CC(C)(C)NC(=O)C1CCC(C(=O)Nc2cccc3cccnc23)CC1. The number of amides is 2. The van der Waals surface area contributed by atoms with Crippen molar-refractivity contribution in [2.45, 2.75) is 52.0 Å². The monoisotopic (exact) mass is 353 g/mol. The normalized spacial score (nSPS) is 20.6. The Morgan fingerprint density at radius 2 is 1.58 bits per heavy atom. The topological polar surface area (TPSA) is 71.1 Å². The molecule has 1 saturated carbocycles. The van der Waals surface area contributed by atoms with Crippen molar-refractivity contribution in [3.05, 3.63) is 36.5 Å². The van der Waals surface area contributed by atoms with Crippen LogP contribution in [0.2, 0.25) is 0 Å². The van der Waals surface area contributed by atoms with Crippen molar-refractivity contribution in [1.82, 2.24) is 10.3 Å². The molecule has 0 aliphatic heterocycles. The molecule has 3 rings (SSSR count). The fourth-order valence-corrected chi connectivity index (χ4v) is 3.53. The zero-order valence-electron chi connectivity index (χ0n) is 15.7. The van der Waals surface area contributed by atoms with E-state index >= 15 is 0 Å². The van der Waals surface area contributed by atoms with Crippen LogP contribution >= 0.6 is 0 Å². The van der Waals surface area contributed by atoms with Gasteiger partial charge in [0.05, 0.1) is 11.2 Å². The molecule has 1 aliphatic carbocycles. The number of carbonyl (C=O) groups excluding carboxylic acids is 2. The predicted octanol–water partition coefficient (Wildman–Crippen LogP) is 3.89. The number of aromatic nitrogens is 1. The quantitative estimate of drug-likeness (QED) is 0.879. The first-order valence-electron chi connectivity index (χ1n) is 9.30. The molecule has 0 unspecified atom stereocenters. The smallest absolute Gasteiger partial charge is 0.227 e. The molecular formula is C21H27N3O2. The van der Waals surface area contributed by atoms with E-state index in [0.29, 0.717) is 0 Å². The van der Waals surface area contributed by atoms with Crippen molar-refractivity contribution >= 4 is 28.4 Å². The van der Waals surface area contributed by atoms with Gasteiger partial charge in [0, 0.05) is 29.0 Å². The number of carbonyl (C=O) groups is 2. The number of rotatable bonds is 3. The molecule has 2 amide bonds. The molecule has 1 aromatic heterocycles. The summed E-state index contributed by atoms with van der Waals surface area (Å²) in [4.78, 5) is 29.4. The maximum Gasteiger partial charge on any atom is 0.227 e. The molecule has 0 saturated heterocycles. The standard InChI is InChI=1S/C21H27N3O2/c1-21(2,3)24-20(26)16-11-9-15(10-12-16)19(25)23-17-8-4-6-14-7-5-13-22-18(14)17/h4-8,13,15-16H,9-12H2,1-3H3,(H,23,25)(H,24,26). The molecule has 0 radical (unpaired) electrons. The average Bonchev–Trinajstić information content (AvgIpc) is 2.61. The van der Waals surface area contributed by atoms with E-state index in [2.05, 4.69) is 15.6 Å². The van der Waals surface area contributed by atoms with Crippen LogP contribution in [0, 0.1) is 11.8 Å². The molecule has 1 heterocycles. The Morgan fingerprint density at radius 3 is 2.23 bits per heavy atom. The minimum Gasteiger partial charge on any atom is -0.351 e. The lowest BCUT2D eigenvalue weighted by molar-refractivity contribution is -0.129. The summed E-state index contributed by atoms with van der Waals surface area (Å²) < 4.78 is 0. The zero-order chi connectivity index (χ0) is 18.7. The molecule has 5 heteroatoms. The van der Waals surface area contributed by atoms with Gasteiger partial charge in [-0.15, -0.1) is 0 Å². The third-order valence-electron chi connectivity index (χ3n) is 4.86. The first kappa shape index (κ1) is 18.4. The van der Waals surface area contributed by atoms with E-state index in [4.69, 9.17) is 0 Å². The van der Waals surface area contributed by atoms with Crippen molar-refractivity contribution in [2.75, 3.05) is 5.32 Å². The number of hydrogen-bond acceptors (Lipinski definition) is 3. The van der Waals surface area contributed by atoms with Gasteiger partial charge in [0.1, 0.15) is 0 Å². The lowest BCUT2D eigenvalue weighted by Crippen LogP contribution is -2.45. The van der Waals surface area contributed by atoms with Crippen LogP contribution < -0.4 is 10.6 Å². The molecule has 0 spiro atoms. The maximum atomic E-state index is 12.7. The molecule has 5 nitrogen and oxygen atoms in total. The number of hydrogen-bond donors (Lipinski definition) is 2. The van der Waals surface area contributed by atoms with E-state index < -0.39 is 0 Å². The Balaban J connectivity index is 1.59. The van der Waals surface area contributed by atoms with E-state index in [0.717, 1.165) is 42.3 Å². The third-order valence-corrected chi connectivity index (χ3v) is 4.86. The zero-order valence-corrected chi connectivity index (χ0v) is 15.7. The van der Waals surface area contributed by atoms with Crippen LogP contribution in [0.4, 0.5) is 5.69 Å². The number of nitrogens with zero attached hydrogens (tertiary/aromatic N) is 1. The Hall–Kier alpha value is -2.43. The first-order valence-corrected chi connectivity index (χ1v) is 9.30. The third kappa shape index (κ3) is 4.40. The van der Waals surface area contributed by atoms with E-state index in [9.17, 15) is 9.59 Å². The van der Waals surface area contributed by atoms with Crippen LogP contribution in [-0.4, -0.2) is 22.3 Å². The lowest BCUT2D eigenvalue weighted by Gasteiger charge is -2.30. The number of para-hydroxylation sites is 1. The van der Waals surface area contributed by atoms with Gasteiger partial charge in [-0.1, -0.05) is 18.2 Å². The Morgan fingerprint density at radius 1 is 0.962 bits per heavy atom. The summed E-state index contributed by atoms with van der Waals surface area (Å²) in [5, 5.41) is 7.09. The molecule has 2 aromatic rings. The van der Waals surface area contributed by atoms with Gasteiger partial charge in [-0.25, -0.2) is 0 Å². The van der Waals surface area contributed by atoms with Crippen LogP contribution in [0.5, 0.6) is 0 Å². The number of nitrogens with one attached hydrogen (secondary N) is 2. The Bertz CT molecular complexity index is 797. The fraction of sp³-hybridized carbons (Fsp3) is 0.476. The second kappa shape index (κ2) is 7.44. The van der Waals surface area contributed by atoms with Gasteiger partial charge in [0.15, 0.2) is 0 Å². The van der Waals surface area contributed by atoms with Crippen LogP contribution in [0.15, 0.2) is 36.5 Å². The van der Waals surface area contributed by atoms with Gasteiger partial charge in [0.2, 0.25) is 11.8 Å². The van der Waals surface area contributed by atoms with Gasteiger partial charge < -0.3 is 10.6 Å². The van der Waals surface area contributed by atoms with Gasteiger partial charge in [0.25, 0.3) is 0 Å². The van der Waals surface area contributed by atoms with E-state index in [-0.39, 0.29) is 29.2 Å². The molecule has 1 fully saturated rings. The Labute approximate surface area is 154 Å². The van der Waals surface area contributed by atoms with E-state index in [1.165, 1.54) is 0 Å². The minimum atomic E-state index is -0.216. The first-order chi connectivity index (χ1) is 12.3. The summed E-state index contributed by atoms with van der Waals surface area (Å²) in [6.07, 6.45) is 4.73. The van der Waals surface area contributed by atoms with Crippen LogP contribution in [0.25, 0.3) is 10.9 Å². The maximum absolute atomic E-state index is 12.7. The van der Waals surface area contributed by atoms with Crippen molar-refractivity contribution < 1.29 is 9.59 Å². The fourth-order valence-electron chi connectivity index (χ4n) is 3.53. The van der Waals surface area contributed by atoms with Crippen molar-refractivity contribution in [1.29, 1.82) is 0 Å². The summed E-state index contributed by atoms with van der Waals surface area (Å²) in [6, 6.07) is 9.66. The Kier molecular flexibility index (Phi) is 5.25. The molecule has 1 aromatic carbocycles. The predicted molar refractivity (Wildman–Crippen MR) is 104 cm³/mol. The molecule has 2 N–H and O–H groups in total. The molecular weight excluding hydrogens is 326 g/mol. The lowest BCUT2D eigenvalue weighted by atomic mass is 9.81. The van der Waals surface area contributed by atoms with E-state index in [1.807, 2.05) is 51.1 Å². The van der Waals surface area contributed by atoms with Gasteiger partial charge in [-0.2, -0.15) is 0 Å². The average molecular weight is 353 g/mol. The highest BCUT2D eigenvalue weighted by Crippen LogP contribution is 2.31. The molecule has 26 heavy (non-hydrogen) atoms. The summed E-state index contributed by atoms with van der Waals surface area (Å²) >= 11 is 0. The largest absolute Gasteiger partial charge is 0.351 e. The number of fused-ring (bicyclic) bond motifs is 1. The van der Waals surface area contributed by atoms with Crippen LogP contribution in [0.3, 0.4) is 0 Å². The highest BCUT2D eigenvalue weighted by molar-refractivity contribution is 6.01. The summed E-state index contributed by atoms with van der Waals surface area (Å²) in [5.74, 6) is 0.0950. The van der Waals surface area contributed by atoms with Crippen LogP contribution in [0.1, 0.15) is 46.5 Å². The second-order valence-corrected chi connectivity index (χ2v) is 8.16. The minimum absolute atomic E-state index is 0.0116. The molecule has 138 valence electrons. The summed E-state index contributed by atoms with van der Waals surface area (Å²) in [5.41, 5.74) is 1.34. The number of anilines is 1. The van der Waals surface area contributed by atoms with E-state index in [1.54, 1.807) is 6.20 Å². The molecule has 0 atom stereocenters. The highest BCUT2D eigenvalue weighted by atomic mass is 16.2. The highest BCUT2D eigenvalue weighted by Gasteiger charge is 2.31. The van der Waals surface area contributed by atoms with Crippen molar-refractivity contribution in [3.8, 4) is 0 Å². The molecule has 0 bridgehead atoms. The van der Waals surface area contributed by atoms with Gasteiger partial charge in [-0.05, 0) is 58.6 Å². The molecule has 1 aliphatic rings. The second-order valence-electron chi connectivity index (χ2n) is 8.16. The van der Waals surface area contributed by atoms with Crippen molar-refractivity contribution in [2.24, 2.45) is 11.8 Å². The summed E-state index contributed by atoms with van der Waals surface area (Å²) in [7, 11) is 0. The number of pyridine rings is 1. The summed E-state index contributed by atoms with van der Waals surface area (Å²) in [6.45, 7) is 5.96.